The minimum absolute atomic E-state index is 0.0531. The molecule has 6 nitrogen and oxygen atoms in total. The molecule has 1 aromatic rings. The maximum absolute atomic E-state index is 11.6. The number of aromatic nitrogens is 2. The van der Waals surface area contributed by atoms with Crippen molar-refractivity contribution in [2.24, 2.45) is 5.92 Å². The predicted molar refractivity (Wildman–Crippen MR) is 54.4 cm³/mol. The van der Waals surface area contributed by atoms with Gasteiger partial charge in [-0.05, 0) is 18.8 Å². The summed E-state index contributed by atoms with van der Waals surface area (Å²) in [6, 6.07) is 0. The van der Waals surface area contributed by atoms with Crippen LogP contribution in [0.25, 0.3) is 0 Å². The highest BCUT2D eigenvalue weighted by Gasteiger charge is 2.24. The lowest BCUT2D eigenvalue weighted by molar-refractivity contribution is 0.576. The van der Waals surface area contributed by atoms with Crippen LogP contribution in [-0.2, 0) is 10.0 Å². The molecule has 0 unspecified atom stereocenters. The van der Waals surface area contributed by atoms with Gasteiger partial charge < -0.3 is 5.73 Å². The molecule has 1 aliphatic rings. The van der Waals surface area contributed by atoms with Gasteiger partial charge in [-0.3, -0.25) is 0 Å². The van der Waals surface area contributed by atoms with Gasteiger partial charge in [0.1, 0.15) is 4.90 Å². The number of nitrogen functional groups attached to an aromatic ring is 1. The van der Waals surface area contributed by atoms with Crippen molar-refractivity contribution in [3.05, 3.63) is 12.4 Å². The van der Waals surface area contributed by atoms with E-state index < -0.39 is 10.0 Å². The number of nitrogens with one attached hydrogen (secondary N) is 1. The van der Waals surface area contributed by atoms with Gasteiger partial charge in [0.05, 0.1) is 12.4 Å². The number of hydrogen-bond acceptors (Lipinski definition) is 5. The zero-order valence-electron chi connectivity index (χ0n) is 8.05. The van der Waals surface area contributed by atoms with Crippen molar-refractivity contribution >= 4 is 16.0 Å². The minimum atomic E-state index is -3.46. The second kappa shape index (κ2) is 3.74. The van der Waals surface area contributed by atoms with Crippen LogP contribution in [0.1, 0.15) is 12.8 Å². The van der Waals surface area contributed by atoms with Crippen molar-refractivity contribution < 1.29 is 8.42 Å². The van der Waals surface area contributed by atoms with Crippen LogP contribution < -0.4 is 10.5 Å². The van der Waals surface area contributed by atoms with Crippen LogP contribution in [0.15, 0.2) is 17.3 Å². The molecule has 82 valence electrons. The topological polar surface area (TPSA) is 98.0 Å². The first-order valence-corrected chi connectivity index (χ1v) is 6.13. The van der Waals surface area contributed by atoms with Crippen LogP contribution in [0.3, 0.4) is 0 Å². The van der Waals surface area contributed by atoms with E-state index in [0.29, 0.717) is 12.5 Å². The Morgan fingerprint density at radius 3 is 2.53 bits per heavy atom. The fraction of sp³-hybridized carbons (Fsp3) is 0.500. The normalized spacial score (nSPS) is 16.5. The third-order valence-electron chi connectivity index (χ3n) is 2.22. The van der Waals surface area contributed by atoms with Crippen LogP contribution in [0.2, 0.25) is 0 Å². The van der Waals surface area contributed by atoms with Crippen LogP contribution in [0.4, 0.5) is 5.95 Å². The molecule has 0 amide bonds. The SMILES string of the molecule is Nc1ncc(S(=O)(=O)NCC2CC2)cn1. The molecule has 1 aromatic heterocycles. The molecule has 1 heterocycles. The van der Waals surface area contributed by atoms with E-state index in [2.05, 4.69) is 14.7 Å². The third-order valence-corrected chi connectivity index (χ3v) is 3.60. The van der Waals surface area contributed by atoms with E-state index in [9.17, 15) is 8.42 Å². The van der Waals surface area contributed by atoms with Gasteiger partial charge in [0.25, 0.3) is 0 Å². The number of nitrogens with two attached hydrogens (primary N) is 1. The molecule has 15 heavy (non-hydrogen) atoms. The Morgan fingerprint density at radius 1 is 1.40 bits per heavy atom. The van der Waals surface area contributed by atoms with Crippen molar-refractivity contribution in [1.29, 1.82) is 0 Å². The van der Waals surface area contributed by atoms with Crippen molar-refractivity contribution in [2.75, 3.05) is 12.3 Å². The van der Waals surface area contributed by atoms with E-state index in [1.807, 2.05) is 0 Å². The maximum Gasteiger partial charge on any atom is 0.243 e. The van der Waals surface area contributed by atoms with Crippen LogP contribution in [0, 0.1) is 5.92 Å². The highest BCUT2D eigenvalue weighted by Crippen LogP contribution is 2.28. The molecule has 0 radical (unpaired) electrons. The Hall–Kier alpha value is -1.21. The van der Waals surface area contributed by atoms with Crippen molar-refractivity contribution in [3.63, 3.8) is 0 Å². The summed E-state index contributed by atoms with van der Waals surface area (Å²) in [4.78, 5) is 7.32. The summed E-state index contributed by atoms with van der Waals surface area (Å²) < 4.78 is 25.8. The predicted octanol–water partition coefficient (Wildman–Crippen LogP) is -0.253. The number of anilines is 1. The Labute approximate surface area is 88.0 Å². The number of rotatable bonds is 4. The molecule has 1 saturated carbocycles. The Morgan fingerprint density at radius 2 is 2.00 bits per heavy atom. The van der Waals surface area contributed by atoms with Crippen LogP contribution in [0.5, 0.6) is 0 Å². The quantitative estimate of drug-likeness (QED) is 0.740. The molecule has 0 atom stereocenters. The first kappa shape index (κ1) is 10.3. The molecular weight excluding hydrogens is 216 g/mol. The fourth-order valence-electron chi connectivity index (χ4n) is 1.10. The summed E-state index contributed by atoms with van der Waals surface area (Å²) >= 11 is 0. The summed E-state index contributed by atoms with van der Waals surface area (Å²) in [5.41, 5.74) is 5.26. The zero-order chi connectivity index (χ0) is 10.9. The summed E-state index contributed by atoms with van der Waals surface area (Å²) in [5.74, 6) is 0.561. The van der Waals surface area contributed by atoms with Gasteiger partial charge in [-0.25, -0.2) is 23.1 Å². The van der Waals surface area contributed by atoms with E-state index >= 15 is 0 Å². The molecule has 2 rings (SSSR count). The number of nitrogens with zero attached hydrogens (tertiary/aromatic N) is 2. The average molecular weight is 228 g/mol. The van der Waals surface area contributed by atoms with Gasteiger partial charge in [-0.1, -0.05) is 0 Å². The molecular formula is C8H12N4O2S. The van der Waals surface area contributed by atoms with E-state index in [-0.39, 0.29) is 10.8 Å². The van der Waals surface area contributed by atoms with Gasteiger partial charge in [0, 0.05) is 6.54 Å². The number of hydrogen-bond donors (Lipinski definition) is 2. The Kier molecular flexibility index (Phi) is 2.57. The summed E-state index contributed by atoms with van der Waals surface area (Å²) in [5, 5.41) is 0. The maximum atomic E-state index is 11.6. The first-order valence-electron chi connectivity index (χ1n) is 4.65. The Balaban J connectivity index is 2.09. The largest absolute Gasteiger partial charge is 0.368 e. The van der Waals surface area contributed by atoms with Crippen LogP contribution >= 0.6 is 0 Å². The fourth-order valence-corrected chi connectivity index (χ4v) is 2.10. The van der Waals surface area contributed by atoms with E-state index in [4.69, 9.17) is 5.73 Å². The van der Waals surface area contributed by atoms with Gasteiger partial charge in [0.2, 0.25) is 16.0 Å². The van der Waals surface area contributed by atoms with Crippen molar-refractivity contribution in [2.45, 2.75) is 17.7 Å². The molecule has 1 aliphatic carbocycles. The molecule has 0 saturated heterocycles. The zero-order valence-corrected chi connectivity index (χ0v) is 8.87. The highest BCUT2D eigenvalue weighted by molar-refractivity contribution is 7.89. The summed E-state index contributed by atoms with van der Waals surface area (Å²) in [6.45, 7) is 0.493. The third kappa shape index (κ3) is 2.63. The monoisotopic (exact) mass is 228 g/mol. The standard InChI is InChI=1S/C8H12N4O2S/c9-8-10-4-7(5-11-8)15(13,14)12-3-6-1-2-6/h4-6,12H,1-3H2,(H2,9,10,11). The molecule has 0 aromatic carbocycles. The van der Waals surface area contributed by atoms with Gasteiger partial charge in [0.15, 0.2) is 0 Å². The second-order valence-corrected chi connectivity index (χ2v) is 5.34. The smallest absolute Gasteiger partial charge is 0.243 e. The van der Waals surface area contributed by atoms with Crippen molar-refractivity contribution in [3.8, 4) is 0 Å². The lowest BCUT2D eigenvalue weighted by Gasteiger charge is -2.04. The lowest BCUT2D eigenvalue weighted by Crippen LogP contribution is -2.26. The second-order valence-electron chi connectivity index (χ2n) is 3.57. The molecule has 3 N–H and O–H groups in total. The lowest BCUT2D eigenvalue weighted by atomic mass is 10.4. The van der Waals surface area contributed by atoms with Crippen LogP contribution in [-0.4, -0.2) is 24.9 Å². The highest BCUT2D eigenvalue weighted by atomic mass is 32.2. The summed E-state index contributed by atoms with van der Waals surface area (Å²) in [6.07, 6.45) is 4.61. The van der Waals surface area contributed by atoms with Gasteiger partial charge in [-0.2, -0.15) is 0 Å². The van der Waals surface area contributed by atoms with E-state index in [1.165, 1.54) is 12.4 Å². The van der Waals surface area contributed by atoms with Gasteiger partial charge in [-0.15, -0.1) is 0 Å². The van der Waals surface area contributed by atoms with Gasteiger partial charge >= 0.3 is 0 Å². The van der Waals surface area contributed by atoms with Crippen molar-refractivity contribution in [1.82, 2.24) is 14.7 Å². The number of sulfonamides is 1. The molecule has 7 heteroatoms. The average Bonchev–Trinajstić information content (AvgIpc) is 2.99. The molecule has 0 aliphatic heterocycles. The van der Waals surface area contributed by atoms with E-state index in [1.54, 1.807) is 0 Å². The first-order chi connectivity index (χ1) is 7.08. The van der Waals surface area contributed by atoms with E-state index in [0.717, 1.165) is 12.8 Å². The minimum Gasteiger partial charge on any atom is -0.368 e. The molecule has 1 fully saturated rings. The molecule has 0 bridgehead atoms. The summed E-state index contributed by atoms with van der Waals surface area (Å²) in [7, 11) is -3.46. The molecule has 0 spiro atoms. The Bertz CT molecular complexity index is 438.